The number of hydrogen-bond donors (Lipinski definition) is 2. The van der Waals surface area contributed by atoms with Crippen molar-refractivity contribution < 1.29 is 9.59 Å². The van der Waals surface area contributed by atoms with Gasteiger partial charge in [0.05, 0.1) is 17.2 Å². The maximum atomic E-state index is 12.3. The fourth-order valence-electron chi connectivity index (χ4n) is 1.93. The summed E-state index contributed by atoms with van der Waals surface area (Å²) in [6.07, 6.45) is 2.02. The summed E-state index contributed by atoms with van der Waals surface area (Å²) in [5.74, 6) is -0.601. The molecule has 0 bridgehead atoms. The first kappa shape index (κ1) is 17.0. The number of amides is 3. The second kappa shape index (κ2) is 7.23. The second-order valence-corrected chi connectivity index (χ2v) is 5.61. The van der Waals surface area contributed by atoms with Gasteiger partial charge < -0.3 is 5.32 Å². The highest BCUT2D eigenvalue weighted by atomic mass is 35.5. The molecular weight excluding hydrogens is 320 g/mol. The predicted octanol–water partition coefficient (Wildman–Crippen LogP) is 1.67. The number of aromatic nitrogens is 2. The smallest absolute Gasteiger partial charge is 0.321 e. The lowest BCUT2D eigenvalue weighted by molar-refractivity contribution is -0.120. The lowest BCUT2D eigenvalue weighted by Crippen LogP contribution is -2.45. The van der Waals surface area contributed by atoms with Crippen LogP contribution in [0, 0.1) is 0 Å². The van der Waals surface area contributed by atoms with Crippen LogP contribution in [-0.4, -0.2) is 27.5 Å². The van der Waals surface area contributed by atoms with E-state index in [0.717, 1.165) is 11.0 Å². The van der Waals surface area contributed by atoms with Crippen molar-refractivity contribution >= 4 is 34.4 Å². The Hall–Kier alpha value is -2.41. The Bertz CT molecular complexity index is 803. The predicted molar refractivity (Wildman–Crippen MR) is 87.4 cm³/mol. The minimum atomic E-state index is -0.601. The van der Waals surface area contributed by atoms with Crippen LogP contribution in [-0.2, 0) is 11.3 Å². The van der Waals surface area contributed by atoms with E-state index >= 15 is 0 Å². The van der Waals surface area contributed by atoms with Crippen LogP contribution in [0.4, 0.5) is 4.79 Å². The van der Waals surface area contributed by atoms with Gasteiger partial charge in [-0.25, -0.2) is 9.78 Å². The lowest BCUT2D eigenvalue weighted by Gasteiger charge is -2.12. The first-order chi connectivity index (χ1) is 10.9. The molecule has 0 fully saturated rings. The van der Waals surface area contributed by atoms with Gasteiger partial charge in [-0.15, -0.1) is 0 Å². The van der Waals surface area contributed by atoms with E-state index in [1.165, 1.54) is 12.4 Å². The highest BCUT2D eigenvalue weighted by molar-refractivity contribution is 6.31. The molecule has 2 aromatic rings. The molecular formula is C15H17ClN4O3. The molecule has 2 N–H and O–H groups in total. The molecule has 3 amide bonds. The molecule has 0 unspecified atom stereocenters. The molecule has 0 spiro atoms. The van der Waals surface area contributed by atoms with Crippen LogP contribution in [0.1, 0.15) is 20.3 Å². The number of carbonyl (C=O) groups excluding carboxylic acids is 2. The Kier molecular flexibility index (Phi) is 5.33. The SMILES string of the molecule is CC[C@@H](C)NC(=O)NC(=O)Cn1cnc2ccc(Cl)cc2c1=O. The van der Waals surface area contributed by atoms with Gasteiger partial charge in [0.1, 0.15) is 6.54 Å². The molecule has 1 aromatic carbocycles. The fraction of sp³-hybridized carbons (Fsp3) is 0.333. The van der Waals surface area contributed by atoms with Gasteiger partial charge in [-0.2, -0.15) is 0 Å². The van der Waals surface area contributed by atoms with E-state index in [1.54, 1.807) is 12.1 Å². The van der Waals surface area contributed by atoms with Gasteiger partial charge in [-0.1, -0.05) is 18.5 Å². The number of nitrogens with one attached hydrogen (secondary N) is 2. The summed E-state index contributed by atoms with van der Waals surface area (Å²) >= 11 is 5.87. The minimum absolute atomic E-state index is 0.0463. The highest BCUT2D eigenvalue weighted by Gasteiger charge is 2.12. The van der Waals surface area contributed by atoms with Crippen LogP contribution in [0.3, 0.4) is 0 Å². The van der Waals surface area contributed by atoms with E-state index in [1.807, 2.05) is 13.8 Å². The Balaban J connectivity index is 2.12. The molecule has 1 atom stereocenters. The number of rotatable bonds is 4. The van der Waals surface area contributed by atoms with E-state index in [9.17, 15) is 14.4 Å². The third-order valence-electron chi connectivity index (χ3n) is 3.34. The summed E-state index contributed by atoms with van der Waals surface area (Å²) in [5.41, 5.74) is 0.0977. The number of imide groups is 1. The van der Waals surface area contributed by atoms with Crippen molar-refractivity contribution in [1.29, 1.82) is 0 Å². The molecule has 122 valence electrons. The third kappa shape index (κ3) is 4.29. The Morgan fingerprint density at radius 3 is 2.83 bits per heavy atom. The van der Waals surface area contributed by atoms with Crippen LogP contribution in [0.15, 0.2) is 29.3 Å². The monoisotopic (exact) mass is 336 g/mol. The molecule has 23 heavy (non-hydrogen) atoms. The van der Waals surface area contributed by atoms with Crippen LogP contribution in [0.5, 0.6) is 0 Å². The molecule has 8 heteroatoms. The molecule has 2 rings (SSSR count). The van der Waals surface area contributed by atoms with Gasteiger partial charge in [0.2, 0.25) is 5.91 Å². The van der Waals surface area contributed by atoms with Gasteiger partial charge in [0, 0.05) is 11.1 Å². The molecule has 0 aliphatic heterocycles. The summed E-state index contributed by atoms with van der Waals surface area (Å²) < 4.78 is 1.13. The largest absolute Gasteiger partial charge is 0.335 e. The van der Waals surface area contributed by atoms with Crippen LogP contribution >= 0.6 is 11.6 Å². The first-order valence-electron chi connectivity index (χ1n) is 7.15. The summed E-state index contributed by atoms with van der Waals surface area (Å²) in [5, 5.41) is 5.51. The highest BCUT2D eigenvalue weighted by Crippen LogP contribution is 2.13. The Labute approximate surface area is 137 Å². The number of halogens is 1. The quantitative estimate of drug-likeness (QED) is 0.888. The second-order valence-electron chi connectivity index (χ2n) is 5.17. The molecule has 0 saturated heterocycles. The van der Waals surface area contributed by atoms with Gasteiger partial charge in [0.25, 0.3) is 5.56 Å². The zero-order chi connectivity index (χ0) is 17.0. The Morgan fingerprint density at radius 1 is 1.39 bits per heavy atom. The number of fused-ring (bicyclic) bond motifs is 1. The Morgan fingerprint density at radius 2 is 2.13 bits per heavy atom. The van der Waals surface area contributed by atoms with Gasteiger partial charge >= 0.3 is 6.03 Å². The third-order valence-corrected chi connectivity index (χ3v) is 3.58. The standard InChI is InChI=1S/C15H17ClN4O3/c1-3-9(2)18-15(23)19-13(21)7-20-8-17-12-5-4-10(16)6-11(12)14(20)22/h4-6,8-9H,3,7H2,1-2H3,(H2,18,19,21,23)/t9-/m1/s1. The number of urea groups is 1. The normalized spacial score (nSPS) is 12.0. The van der Waals surface area contributed by atoms with Gasteiger partial charge in [0.15, 0.2) is 0 Å². The van der Waals surface area contributed by atoms with Crippen molar-refractivity contribution in [2.24, 2.45) is 0 Å². The number of carbonyl (C=O) groups is 2. The van der Waals surface area contributed by atoms with E-state index in [4.69, 9.17) is 11.6 Å². The summed E-state index contributed by atoms with van der Waals surface area (Å²) in [6.45, 7) is 3.44. The molecule has 0 radical (unpaired) electrons. The summed E-state index contributed by atoms with van der Waals surface area (Å²) in [7, 11) is 0. The van der Waals surface area contributed by atoms with Crippen LogP contribution in [0.2, 0.25) is 5.02 Å². The number of benzene rings is 1. The molecule has 0 saturated carbocycles. The average molecular weight is 337 g/mol. The maximum absolute atomic E-state index is 12.3. The van der Waals surface area contributed by atoms with E-state index < -0.39 is 17.5 Å². The van der Waals surface area contributed by atoms with E-state index in [0.29, 0.717) is 15.9 Å². The molecule has 0 aliphatic carbocycles. The van der Waals surface area contributed by atoms with E-state index in [-0.39, 0.29) is 12.6 Å². The van der Waals surface area contributed by atoms with Crippen molar-refractivity contribution in [3.63, 3.8) is 0 Å². The first-order valence-corrected chi connectivity index (χ1v) is 7.53. The van der Waals surface area contributed by atoms with Crippen molar-refractivity contribution in [2.75, 3.05) is 0 Å². The maximum Gasteiger partial charge on any atom is 0.321 e. The van der Waals surface area contributed by atoms with Crippen molar-refractivity contribution in [3.05, 3.63) is 39.9 Å². The van der Waals surface area contributed by atoms with Crippen molar-refractivity contribution in [2.45, 2.75) is 32.9 Å². The fourth-order valence-corrected chi connectivity index (χ4v) is 2.10. The minimum Gasteiger partial charge on any atom is -0.335 e. The zero-order valence-electron chi connectivity index (χ0n) is 12.8. The zero-order valence-corrected chi connectivity index (χ0v) is 13.6. The molecule has 7 nitrogen and oxygen atoms in total. The lowest BCUT2D eigenvalue weighted by atomic mass is 10.2. The van der Waals surface area contributed by atoms with Crippen molar-refractivity contribution in [3.8, 4) is 0 Å². The van der Waals surface area contributed by atoms with Crippen LogP contribution < -0.4 is 16.2 Å². The molecule has 0 aliphatic rings. The summed E-state index contributed by atoms with van der Waals surface area (Å²) in [4.78, 5) is 39.9. The molecule has 1 heterocycles. The van der Waals surface area contributed by atoms with Gasteiger partial charge in [-0.3, -0.25) is 19.5 Å². The summed E-state index contributed by atoms with van der Waals surface area (Å²) in [6, 6.07) is 4.12. The molecule has 1 aromatic heterocycles. The van der Waals surface area contributed by atoms with Gasteiger partial charge in [-0.05, 0) is 31.5 Å². The van der Waals surface area contributed by atoms with Crippen LogP contribution in [0.25, 0.3) is 10.9 Å². The van der Waals surface area contributed by atoms with E-state index in [2.05, 4.69) is 15.6 Å². The average Bonchev–Trinajstić information content (AvgIpc) is 2.50. The number of nitrogens with zero attached hydrogens (tertiary/aromatic N) is 2. The number of hydrogen-bond acceptors (Lipinski definition) is 4. The topological polar surface area (TPSA) is 93.1 Å². The van der Waals surface area contributed by atoms with Crippen molar-refractivity contribution in [1.82, 2.24) is 20.2 Å².